The first-order valence-corrected chi connectivity index (χ1v) is 10.6. The van der Waals surface area contributed by atoms with Crippen molar-refractivity contribution in [3.8, 4) is 0 Å². The molecule has 0 fully saturated rings. The van der Waals surface area contributed by atoms with Crippen LogP contribution in [0.15, 0.2) is 60.7 Å². The van der Waals surface area contributed by atoms with Gasteiger partial charge < -0.3 is 10.2 Å². The Balaban J connectivity index is 0.00000392. The van der Waals surface area contributed by atoms with Crippen LogP contribution in [-0.2, 0) is 11.8 Å². The van der Waals surface area contributed by atoms with E-state index in [0.717, 1.165) is 32.6 Å². The summed E-state index contributed by atoms with van der Waals surface area (Å²) in [6.07, 6.45) is 3.57. The molecule has 1 atom stereocenters. The van der Waals surface area contributed by atoms with Crippen molar-refractivity contribution >= 4 is 24.8 Å². The summed E-state index contributed by atoms with van der Waals surface area (Å²) in [7, 11) is 2.26. The van der Waals surface area contributed by atoms with Crippen molar-refractivity contribution in [2.45, 2.75) is 45.4 Å². The van der Waals surface area contributed by atoms with Crippen molar-refractivity contribution in [3.05, 3.63) is 71.8 Å². The maximum absolute atomic E-state index is 3.64. The Morgan fingerprint density at radius 2 is 1.48 bits per heavy atom. The Labute approximate surface area is 191 Å². The minimum Gasteiger partial charge on any atom is -0.316 e. The first-order chi connectivity index (χ1) is 13.1. The van der Waals surface area contributed by atoms with Crippen LogP contribution in [0.25, 0.3) is 0 Å². The van der Waals surface area contributed by atoms with Crippen LogP contribution in [0.1, 0.15) is 44.7 Å². The lowest BCUT2D eigenvalue weighted by Crippen LogP contribution is -2.43. The highest BCUT2D eigenvalue weighted by atomic mass is 35.5. The first kappa shape index (κ1) is 27.9. The zero-order valence-corrected chi connectivity index (χ0v) is 20.2. The monoisotopic (exact) mass is 438 g/mol. The lowest BCUT2D eigenvalue weighted by atomic mass is 9.68. The van der Waals surface area contributed by atoms with Gasteiger partial charge in [-0.3, -0.25) is 0 Å². The molecule has 0 aromatic heterocycles. The van der Waals surface area contributed by atoms with E-state index in [1.807, 2.05) is 0 Å². The molecule has 2 rings (SSSR count). The standard InChI is InChI=1S/C25H38N2.2ClH/c1-5-26-21-25(22(2)3,24-15-10-7-11-16-24)18-12-19-27(4)20-17-23-13-8-6-9-14-23;;/h6-11,13-16,22,26H,5,12,17-21H2,1-4H3;2*1H. The molecular formula is C25H40Cl2N2. The fourth-order valence-electron chi connectivity index (χ4n) is 4.02. The number of benzene rings is 2. The Morgan fingerprint density at radius 3 is 2.03 bits per heavy atom. The third kappa shape index (κ3) is 8.68. The van der Waals surface area contributed by atoms with Crippen molar-refractivity contribution in [2.75, 3.05) is 33.2 Å². The normalized spacial score (nSPS) is 12.9. The van der Waals surface area contributed by atoms with Crippen molar-refractivity contribution < 1.29 is 0 Å². The molecule has 0 aliphatic rings. The molecule has 0 heterocycles. The van der Waals surface area contributed by atoms with E-state index < -0.39 is 0 Å². The number of hydrogen-bond acceptors (Lipinski definition) is 2. The van der Waals surface area contributed by atoms with E-state index >= 15 is 0 Å². The van der Waals surface area contributed by atoms with Gasteiger partial charge in [-0.15, -0.1) is 24.8 Å². The minimum absolute atomic E-state index is 0. The smallest absolute Gasteiger partial charge is 0.0101 e. The third-order valence-corrected chi connectivity index (χ3v) is 5.93. The maximum Gasteiger partial charge on any atom is 0.0101 e. The molecule has 0 amide bonds. The number of nitrogens with one attached hydrogen (secondary N) is 1. The number of nitrogens with zero attached hydrogens (tertiary/aromatic N) is 1. The second-order valence-corrected chi connectivity index (χ2v) is 8.10. The zero-order chi connectivity index (χ0) is 19.5. The number of rotatable bonds is 12. The minimum atomic E-state index is 0. The van der Waals surface area contributed by atoms with Crippen molar-refractivity contribution in [3.63, 3.8) is 0 Å². The van der Waals surface area contributed by atoms with Gasteiger partial charge >= 0.3 is 0 Å². The maximum atomic E-state index is 3.64. The molecule has 0 radical (unpaired) electrons. The molecule has 0 spiro atoms. The zero-order valence-electron chi connectivity index (χ0n) is 18.6. The first-order valence-electron chi connectivity index (χ1n) is 10.6. The average Bonchev–Trinajstić information content (AvgIpc) is 2.70. The van der Waals surface area contributed by atoms with Gasteiger partial charge in [0.25, 0.3) is 0 Å². The molecule has 2 nitrogen and oxygen atoms in total. The summed E-state index contributed by atoms with van der Waals surface area (Å²) in [5.74, 6) is 0.605. The highest BCUT2D eigenvalue weighted by Crippen LogP contribution is 2.36. The van der Waals surface area contributed by atoms with Crippen LogP contribution in [0.2, 0.25) is 0 Å². The summed E-state index contributed by atoms with van der Waals surface area (Å²) in [5.41, 5.74) is 3.11. The highest BCUT2D eigenvalue weighted by Gasteiger charge is 2.34. The third-order valence-electron chi connectivity index (χ3n) is 5.93. The van der Waals surface area contributed by atoms with Crippen LogP contribution >= 0.6 is 24.8 Å². The van der Waals surface area contributed by atoms with Gasteiger partial charge in [0.15, 0.2) is 0 Å². The number of likely N-dealkylation sites (N-methyl/N-ethyl adjacent to an activating group) is 2. The van der Waals surface area contributed by atoms with Gasteiger partial charge in [0.05, 0.1) is 0 Å². The van der Waals surface area contributed by atoms with Crippen LogP contribution in [-0.4, -0.2) is 38.1 Å². The van der Waals surface area contributed by atoms with Crippen LogP contribution in [0.5, 0.6) is 0 Å². The predicted octanol–water partition coefficient (Wildman–Crippen LogP) is 5.99. The Bertz CT molecular complexity index is 634. The van der Waals surface area contributed by atoms with Gasteiger partial charge in [-0.25, -0.2) is 0 Å². The summed E-state index contributed by atoms with van der Waals surface area (Å²) in [4.78, 5) is 2.48. The molecule has 164 valence electrons. The second-order valence-electron chi connectivity index (χ2n) is 8.10. The van der Waals surface area contributed by atoms with Gasteiger partial charge in [-0.1, -0.05) is 81.4 Å². The number of halogens is 2. The topological polar surface area (TPSA) is 15.3 Å². The Hall–Kier alpha value is -1.06. The van der Waals surface area contributed by atoms with Gasteiger partial charge in [0, 0.05) is 18.5 Å². The Morgan fingerprint density at radius 1 is 0.897 bits per heavy atom. The molecule has 4 heteroatoms. The van der Waals surface area contributed by atoms with Crippen LogP contribution in [0.3, 0.4) is 0 Å². The lowest BCUT2D eigenvalue weighted by molar-refractivity contribution is 0.243. The molecular weight excluding hydrogens is 399 g/mol. The van der Waals surface area contributed by atoms with Crippen molar-refractivity contribution in [1.82, 2.24) is 10.2 Å². The van der Waals surface area contributed by atoms with Gasteiger partial charge in [-0.05, 0) is 56.4 Å². The van der Waals surface area contributed by atoms with E-state index in [2.05, 4.69) is 98.7 Å². The van der Waals surface area contributed by atoms with Gasteiger partial charge in [0.2, 0.25) is 0 Å². The Kier molecular flexibility index (Phi) is 14.3. The summed E-state index contributed by atoms with van der Waals surface area (Å²) >= 11 is 0. The summed E-state index contributed by atoms with van der Waals surface area (Å²) in [6.45, 7) is 11.3. The second kappa shape index (κ2) is 14.8. The van der Waals surface area contributed by atoms with E-state index in [4.69, 9.17) is 0 Å². The fourth-order valence-corrected chi connectivity index (χ4v) is 4.02. The fraction of sp³-hybridized carbons (Fsp3) is 0.520. The number of hydrogen-bond donors (Lipinski definition) is 1. The average molecular weight is 440 g/mol. The molecule has 29 heavy (non-hydrogen) atoms. The molecule has 2 aromatic rings. The summed E-state index contributed by atoms with van der Waals surface area (Å²) < 4.78 is 0. The van der Waals surface area contributed by atoms with Gasteiger partial charge in [0.1, 0.15) is 0 Å². The summed E-state index contributed by atoms with van der Waals surface area (Å²) in [6, 6.07) is 21.9. The van der Waals surface area contributed by atoms with E-state index in [1.54, 1.807) is 0 Å². The van der Waals surface area contributed by atoms with E-state index in [9.17, 15) is 0 Å². The van der Waals surface area contributed by atoms with Crippen LogP contribution in [0.4, 0.5) is 0 Å². The highest BCUT2D eigenvalue weighted by molar-refractivity contribution is 5.85. The predicted molar refractivity (Wildman–Crippen MR) is 133 cm³/mol. The van der Waals surface area contributed by atoms with Crippen LogP contribution < -0.4 is 5.32 Å². The molecule has 1 unspecified atom stereocenters. The largest absolute Gasteiger partial charge is 0.316 e. The van der Waals surface area contributed by atoms with Crippen molar-refractivity contribution in [1.29, 1.82) is 0 Å². The molecule has 1 N–H and O–H groups in total. The van der Waals surface area contributed by atoms with E-state index in [0.29, 0.717) is 5.92 Å². The van der Waals surface area contributed by atoms with E-state index in [1.165, 1.54) is 24.0 Å². The summed E-state index contributed by atoms with van der Waals surface area (Å²) in [5, 5.41) is 3.64. The lowest BCUT2D eigenvalue weighted by Gasteiger charge is -2.39. The van der Waals surface area contributed by atoms with Crippen molar-refractivity contribution in [2.24, 2.45) is 5.92 Å². The molecule has 0 aliphatic carbocycles. The molecule has 0 bridgehead atoms. The van der Waals surface area contributed by atoms with Crippen LogP contribution in [0, 0.1) is 5.92 Å². The molecule has 2 aromatic carbocycles. The van der Waals surface area contributed by atoms with E-state index in [-0.39, 0.29) is 30.2 Å². The SMILES string of the molecule is CCNCC(CCCN(C)CCc1ccccc1)(c1ccccc1)C(C)C.Cl.Cl. The van der Waals surface area contributed by atoms with Gasteiger partial charge in [-0.2, -0.15) is 0 Å². The molecule has 0 saturated carbocycles. The molecule has 0 saturated heterocycles. The quantitative estimate of drug-likeness (QED) is 0.437. The molecule has 0 aliphatic heterocycles.